The molecule has 2 N–H and O–H groups in total. The molecular weight excluding hydrogens is 240 g/mol. The molecule has 0 aromatic carbocycles. The Balaban J connectivity index is 2.49. The van der Waals surface area contributed by atoms with Crippen LogP contribution in [-0.4, -0.2) is 36.5 Å². The molecule has 1 heterocycles. The molecule has 5 nitrogen and oxygen atoms in total. The fraction of sp³-hybridized carbons (Fsp3) is 0.455. The lowest BCUT2D eigenvalue weighted by Crippen LogP contribution is -2.34. The van der Waals surface area contributed by atoms with Gasteiger partial charge in [0.25, 0.3) is 5.91 Å². The number of rotatable bonds is 5. The van der Waals surface area contributed by atoms with E-state index in [1.54, 1.807) is 16.3 Å². The van der Waals surface area contributed by atoms with Gasteiger partial charge in [-0.25, -0.2) is 4.79 Å². The number of nitrogens with zero attached hydrogens (tertiary/aromatic N) is 1. The van der Waals surface area contributed by atoms with E-state index >= 15 is 0 Å². The molecule has 1 aromatic heterocycles. The lowest BCUT2D eigenvalue weighted by atomic mass is 10.4. The highest BCUT2D eigenvalue weighted by Gasteiger charge is 2.16. The van der Waals surface area contributed by atoms with Crippen LogP contribution in [-0.2, 0) is 9.53 Å². The first-order valence-corrected chi connectivity index (χ1v) is 6.26. The van der Waals surface area contributed by atoms with Gasteiger partial charge in [0.15, 0.2) is 6.61 Å². The van der Waals surface area contributed by atoms with E-state index in [1.807, 2.05) is 13.8 Å². The summed E-state index contributed by atoms with van der Waals surface area (Å²) in [6.07, 6.45) is 0. The Morgan fingerprint density at radius 1 is 1.41 bits per heavy atom. The molecule has 0 saturated carbocycles. The molecule has 17 heavy (non-hydrogen) atoms. The maximum atomic E-state index is 11.6. The van der Waals surface area contributed by atoms with Crippen molar-refractivity contribution in [3.05, 3.63) is 16.3 Å². The van der Waals surface area contributed by atoms with Gasteiger partial charge in [0.2, 0.25) is 0 Å². The molecule has 0 unspecified atom stereocenters. The van der Waals surface area contributed by atoms with Gasteiger partial charge in [-0.3, -0.25) is 4.79 Å². The van der Waals surface area contributed by atoms with Crippen LogP contribution in [0.2, 0.25) is 0 Å². The minimum absolute atomic E-state index is 0.196. The number of esters is 1. The fourth-order valence-corrected chi connectivity index (χ4v) is 2.06. The van der Waals surface area contributed by atoms with Gasteiger partial charge < -0.3 is 15.4 Å². The number of nitrogen functional groups attached to an aromatic ring is 1. The van der Waals surface area contributed by atoms with E-state index in [9.17, 15) is 9.59 Å². The molecule has 0 saturated heterocycles. The standard InChI is InChI=1S/C11H16N2O3S/c1-3-13(4-2)9(14)7-16-11(15)10-8(12)5-6-17-10/h5-6H,3-4,7,12H2,1-2H3. The van der Waals surface area contributed by atoms with Crippen LogP contribution in [0.5, 0.6) is 0 Å². The molecule has 0 bridgehead atoms. The molecule has 0 spiro atoms. The third-order valence-corrected chi connectivity index (χ3v) is 3.23. The Hall–Kier alpha value is -1.56. The zero-order chi connectivity index (χ0) is 12.8. The van der Waals surface area contributed by atoms with E-state index in [0.29, 0.717) is 23.7 Å². The summed E-state index contributed by atoms with van der Waals surface area (Å²) in [6.45, 7) is 4.72. The number of anilines is 1. The molecule has 0 aliphatic carbocycles. The van der Waals surface area contributed by atoms with Crippen LogP contribution in [0.3, 0.4) is 0 Å². The number of ether oxygens (including phenoxy) is 1. The lowest BCUT2D eigenvalue weighted by molar-refractivity contribution is -0.134. The second-order valence-electron chi connectivity index (χ2n) is 3.35. The number of nitrogens with two attached hydrogens (primary N) is 1. The van der Waals surface area contributed by atoms with E-state index in [1.165, 1.54) is 11.3 Å². The molecule has 0 fully saturated rings. The zero-order valence-electron chi connectivity index (χ0n) is 9.93. The van der Waals surface area contributed by atoms with Gasteiger partial charge in [-0.1, -0.05) is 0 Å². The van der Waals surface area contributed by atoms with Crippen molar-refractivity contribution in [2.24, 2.45) is 0 Å². The molecular formula is C11H16N2O3S. The predicted octanol–water partition coefficient (Wildman–Crippen LogP) is 1.36. The summed E-state index contributed by atoms with van der Waals surface area (Å²) < 4.78 is 4.91. The molecule has 1 aromatic rings. The van der Waals surface area contributed by atoms with Crippen molar-refractivity contribution >= 4 is 28.9 Å². The topological polar surface area (TPSA) is 72.6 Å². The second kappa shape index (κ2) is 6.24. The largest absolute Gasteiger partial charge is 0.451 e. The molecule has 0 atom stereocenters. The van der Waals surface area contributed by atoms with Crippen molar-refractivity contribution in [1.29, 1.82) is 0 Å². The highest BCUT2D eigenvalue weighted by molar-refractivity contribution is 7.12. The SMILES string of the molecule is CCN(CC)C(=O)COC(=O)c1sccc1N. The van der Waals surface area contributed by atoms with Crippen LogP contribution in [0.15, 0.2) is 11.4 Å². The van der Waals surface area contributed by atoms with E-state index < -0.39 is 5.97 Å². The quantitative estimate of drug-likeness (QED) is 0.807. The minimum atomic E-state index is -0.544. The number of likely N-dealkylation sites (N-methyl/N-ethyl adjacent to an activating group) is 1. The Morgan fingerprint density at radius 3 is 2.53 bits per heavy atom. The first kappa shape index (κ1) is 13.5. The molecule has 94 valence electrons. The average molecular weight is 256 g/mol. The number of carbonyl (C=O) groups is 2. The van der Waals surface area contributed by atoms with Gasteiger partial charge in [0, 0.05) is 13.1 Å². The van der Waals surface area contributed by atoms with Crippen molar-refractivity contribution < 1.29 is 14.3 Å². The number of amides is 1. The highest BCUT2D eigenvalue weighted by Crippen LogP contribution is 2.19. The summed E-state index contributed by atoms with van der Waals surface area (Å²) in [4.78, 5) is 25.1. The maximum absolute atomic E-state index is 11.6. The van der Waals surface area contributed by atoms with Crippen LogP contribution in [0.25, 0.3) is 0 Å². The van der Waals surface area contributed by atoms with Crippen molar-refractivity contribution in [2.75, 3.05) is 25.4 Å². The van der Waals surface area contributed by atoms with Gasteiger partial charge in [0.05, 0.1) is 5.69 Å². The van der Waals surface area contributed by atoms with Crippen LogP contribution in [0.4, 0.5) is 5.69 Å². The number of carbonyl (C=O) groups excluding carboxylic acids is 2. The Bertz CT molecular complexity index is 399. The molecule has 0 aliphatic rings. The van der Waals surface area contributed by atoms with E-state index in [0.717, 1.165) is 0 Å². The monoisotopic (exact) mass is 256 g/mol. The van der Waals surface area contributed by atoms with E-state index in [2.05, 4.69) is 0 Å². The minimum Gasteiger partial charge on any atom is -0.451 e. The summed E-state index contributed by atoms with van der Waals surface area (Å²) in [7, 11) is 0. The van der Waals surface area contributed by atoms with Crippen LogP contribution in [0, 0.1) is 0 Å². The first-order chi connectivity index (χ1) is 8.10. The first-order valence-electron chi connectivity index (χ1n) is 5.38. The maximum Gasteiger partial charge on any atom is 0.350 e. The predicted molar refractivity (Wildman–Crippen MR) is 66.9 cm³/mol. The summed E-state index contributed by atoms with van der Waals surface area (Å²) in [6, 6.07) is 1.63. The lowest BCUT2D eigenvalue weighted by Gasteiger charge is -2.18. The number of thiophene rings is 1. The van der Waals surface area contributed by atoms with Crippen molar-refractivity contribution in [3.8, 4) is 0 Å². The summed E-state index contributed by atoms with van der Waals surface area (Å²) in [5, 5.41) is 1.71. The zero-order valence-corrected chi connectivity index (χ0v) is 10.8. The van der Waals surface area contributed by atoms with Gasteiger partial charge in [-0.05, 0) is 25.3 Å². The van der Waals surface area contributed by atoms with E-state index in [4.69, 9.17) is 10.5 Å². The van der Waals surface area contributed by atoms with Gasteiger partial charge in [-0.15, -0.1) is 11.3 Å². The smallest absolute Gasteiger partial charge is 0.350 e. The van der Waals surface area contributed by atoms with Crippen molar-refractivity contribution in [1.82, 2.24) is 4.90 Å². The van der Waals surface area contributed by atoms with Crippen molar-refractivity contribution in [3.63, 3.8) is 0 Å². The molecule has 1 rings (SSSR count). The number of hydrogen-bond donors (Lipinski definition) is 1. The van der Waals surface area contributed by atoms with Gasteiger partial charge in [-0.2, -0.15) is 0 Å². The van der Waals surface area contributed by atoms with Crippen LogP contribution in [0.1, 0.15) is 23.5 Å². The molecule has 0 radical (unpaired) electrons. The fourth-order valence-electron chi connectivity index (χ4n) is 1.35. The van der Waals surface area contributed by atoms with Crippen molar-refractivity contribution in [2.45, 2.75) is 13.8 Å². The summed E-state index contributed by atoms with van der Waals surface area (Å²) in [5.74, 6) is -0.739. The van der Waals surface area contributed by atoms with Gasteiger partial charge in [0.1, 0.15) is 4.88 Å². The third kappa shape index (κ3) is 3.45. The van der Waals surface area contributed by atoms with Gasteiger partial charge >= 0.3 is 5.97 Å². The van der Waals surface area contributed by atoms with E-state index in [-0.39, 0.29) is 12.5 Å². The van der Waals surface area contributed by atoms with Crippen LogP contribution < -0.4 is 5.73 Å². The third-order valence-electron chi connectivity index (χ3n) is 2.32. The Labute approximate surface area is 104 Å². The molecule has 6 heteroatoms. The normalized spacial score (nSPS) is 10.0. The Morgan fingerprint density at radius 2 is 2.06 bits per heavy atom. The summed E-state index contributed by atoms with van der Waals surface area (Å²) in [5.41, 5.74) is 5.96. The van der Waals surface area contributed by atoms with Crippen LogP contribution >= 0.6 is 11.3 Å². The summed E-state index contributed by atoms with van der Waals surface area (Å²) >= 11 is 1.20. The second-order valence-corrected chi connectivity index (χ2v) is 4.26. The molecule has 1 amide bonds. The average Bonchev–Trinajstić information content (AvgIpc) is 2.74. The highest BCUT2D eigenvalue weighted by atomic mass is 32.1. The molecule has 0 aliphatic heterocycles. The Kier molecular flexibility index (Phi) is 4.96. The number of hydrogen-bond acceptors (Lipinski definition) is 5.